The third kappa shape index (κ3) is 0.997. The topological polar surface area (TPSA) is 77.8 Å². The number of nitrogen functional groups attached to an aromatic ring is 2. The molecule has 0 saturated heterocycles. The van der Waals surface area contributed by atoms with Crippen molar-refractivity contribution in [3.63, 3.8) is 0 Å². The minimum absolute atomic E-state index is 0.326. The molecule has 0 amide bonds. The average Bonchev–Trinajstić information content (AvgIpc) is 2.52. The zero-order valence-corrected chi connectivity index (χ0v) is 8.03. The zero-order chi connectivity index (χ0) is 9.71. The minimum atomic E-state index is 0.326. The highest BCUT2D eigenvalue weighted by Crippen LogP contribution is 2.46. The maximum absolute atomic E-state index is 5.86. The van der Waals surface area contributed by atoms with E-state index in [4.69, 9.17) is 11.5 Å². The Morgan fingerprint density at radius 2 is 2.00 bits per heavy atom. The number of fused-ring (bicyclic) bond motifs is 4. The van der Waals surface area contributed by atoms with Crippen LogP contribution in [0.5, 0.6) is 0 Å². The summed E-state index contributed by atoms with van der Waals surface area (Å²) < 4.78 is 0. The molecule has 14 heavy (non-hydrogen) atoms. The van der Waals surface area contributed by atoms with Crippen molar-refractivity contribution in [2.24, 2.45) is 5.92 Å². The van der Waals surface area contributed by atoms with Crippen LogP contribution in [0.1, 0.15) is 36.4 Å². The Kier molecular flexibility index (Phi) is 1.48. The molecule has 2 aliphatic rings. The molecular formula is C10H14N4. The molecule has 1 aromatic heterocycles. The van der Waals surface area contributed by atoms with Gasteiger partial charge in [-0.15, -0.1) is 0 Å². The van der Waals surface area contributed by atoms with Crippen molar-refractivity contribution >= 4 is 11.8 Å². The molecule has 1 fully saturated rings. The lowest BCUT2D eigenvalue weighted by molar-refractivity contribution is 0.503. The van der Waals surface area contributed by atoms with Gasteiger partial charge >= 0.3 is 0 Å². The Bertz CT molecular complexity index is 388. The molecule has 0 aliphatic heterocycles. The predicted octanol–water partition coefficient (Wildman–Crippen LogP) is 1.08. The molecule has 2 bridgehead atoms. The molecule has 2 aliphatic carbocycles. The number of hydrogen-bond acceptors (Lipinski definition) is 4. The van der Waals surface area contributed by atoms with Gasteiger partial charge in [0, 0.05) is 11.5 Å². The van der Waals surface area contributed by atoms with Crippen molar-refractivity contribution in [3.8, 4) is 0 Å². The maximum Gasteiger partial charge on any atom is 0.222 e. The summed E-state index contributed by atoms with van der Waals surface area (Å²) in [6.45, 7) is 0. The third-order valence-corrected chi connectivity index (χ3v) is 3.51. The van der Waals surface area contributed by atoms with Crippen molar-refractivity contribution in [3.05, 3.63) is 11.3 Å². The highest BCUT2D eigenvalue weighted by molar-refractivity contribution is 5.49. The van der Waals surface area contributed by atoms with Gasteiger partial charge in [0.1, 0.15) is 5.82 Å². The minimum Gasteiger partial charge on any atom is -0.383 e. The Labute approximate surface area is 82.7 Å². The van der Waals surface area contributed by atoms with Crippen LogP contribution >= 0.6 is 0 Å². The predicted molar refractivity (Wildman–Crippen MR) is 54.6 cm³/mol. The van der Waals surface area contributed by atoms with Crippen LogP contribution in [0.2, 0.25) is 0 Å². The summed E-state index contributed by atoms with van der Waals surface area (Å²) in [7, 11) is 0. The van der Waals surface area contributed by atoms with E-state index in [2.05, 4.69) is 9.97 Å². The summed E-state index contributed by atoms with van der Waals surface area (Å²) in [5, 5.41) is 0. The van der Waals surface area contributed by atoms with Crippen LogP contribution in [0.3, 0.4) is 0 Å². The molecule has 0 radical (unpaired) electrons. The number of hydrogen-bond donors (Lipinski definition) is 2. The fourth-order valence-electron chi connectivity index (χ4n) is 2.88. The van der Waals surface area contributed by atoms with Crippen LogP contribution in [0, 0.1) is 5.92 Å². The molecule has 1 aromatic rings. The summed E-state index contributed by atoms with van der Waals surface area (Å²) in [4.78, 5) is 8.37. The van der Waals surface area contributed by atoms with Crippen molar-refractivity contribution in [2.75, 3.05) is 11.5 Å². The van der Waals surface area contributed by atoms with Crippen LogP contribution in [-0.4, -0.2) is 9.97 Å². The summed E-state index contributed by atoms with van der Waals surface area (Å²) in [6.07, 6.45) is 4.87. The number of aromatic nitrogens is 2. The molecule has 2 atom stereocenters. The first-order valence-corrected chi connectivity index (χ1v) is 5.16. The van der Waals surface area contributed by atoms with E-state index in [1.54, 1.807) is 0 Å². The lowest BCUT2D eigenvalue weighted by Gasteiger charge is -2.22. The molecular weight excluding hydrogens is 176 g/mol. The van der Waals surface area contributed by atoms with E-state index in [9.17, 15) is 0 Å². The largest absolute Gasteiger partial charge is 0.383 e. The molecule has 0 unspecified atom stereocenters. The summed E-state index contributed by atoms with van der Waals surface area (Å²) in [6, 6.07) is 0. The van der Waals surface area contributed by atoms with Gasteiger partial charge in [0.25, 0.3) is 0 Å². The standard InChI is InChI=1S/C10H14N4/c11-9-7-4-5-1-2-6(3-5)8(7)13-10(12)14-9/h5-6H,1-4H2,(H4,11,12,13,14)/t5-,6+/m1/s1. The second-order valence-corrected chi connectivity index (χ2v) is 4.41. The zero-order valence-electron chi connectivity index (χ0n) is 8.03. The number of nitrogens with zero attached hydrogens (tertiary/aromatic N) is 2. The molecule has 1 saturated carbocycles. The lowest BCUT2D eigenvalue weighted by atomic mass is 9.87. The van der Waals surface area contributed by atoms with Crippen LogP contribution in [-0.2, 0) is 6.42 Å². The van der Waals surface area contributed by atoms with E-state index < -0.39 is 0 Å². The van der Waals surface area contributed by atoms with E-state index in [1.807, 2.05) is 0 Å². The van der Waals surface area contributed by atoms with Gasteiger partial charge in [-0.1, -0.05) is 0 Å². The number of nitrogens with two attached hydrogens (primary N) is 2. The van der Waals surface area contributed by atoms with Gasteiger partial charge in [-0.2, -0.15) is 4.98 Å². The van der Waals surface area contributed by atoms with Crippen LogP contribution in [0.15, 0.2) is 0 Å². The van der Waals surface area contributed by atoms with Gasteiger partial charge in [-0.25, -0.2) is 4.98 Å². The van der Waals surface area contributed by atoms with Gasteiger partial charge in [0.15, 0.2) is 0 Å². The quantitative estimate of drug-likeness (QED) is 0.641. The van der Waals surface area contributed by atoms with Gasteiger partial charge in [0.05, 0.1) is 5.69 Å². The molecule has 4 nitrogen and oxygen atoms in total. The molecule has 0 aromatic carbocycles. The van der Waals surface area contributed by atoms with Gasteiger partial charge in [-0.05, 0) is 31.6 Å². The second-order valence-electron chi connectivity index (χ2n) is 4.41. The monoisotopic (exact) mass is 190 g/mol. The van der Waals surface area contributed by atoms with Crippen molar-refractivity contribution in [1.82, 2.24) is 9.97 Å². The fourth-order valence-corrected chi connectivity index (χ4v) is 2.88. The lowest BCUT2D eigenvalue weighted by Crippen LogP contribution is -2.17. The second kappa shape index (κ2) is 2.59. The molecule has 4 N–H and O–H groups in total. The van der Waals surface area contributed by atoms with Gasteiger partial charge in [-0.3, -0.25) is 0 Å². The highest BCUT2D eigenvalue weighted by atomic mass is 15.0. The van der Waals surface area contributed by atoms with E-state index in [1.165, 1.54) is 19.3 Å². The fraction of sp³-hybridized carbons (Fsp3) is 0.600. The molecule has 1 heterocycles. The van der Waals surface area contributed by atoms with Crippen molar-refractivity contribution in [1.29, 1.82) is 0 Å². The van der Waals surface area contributed by atoms with Crippen molar-refractivity contribution in [2.45, 2.75) is 31.6 Å². The smallest absolute Gasteiger partial charge is 0.222 e. The summed E-state index contributed by atoms with van der Waals surface area (Å²) in [5.41, 5.74) is 13.8. The summed E-state index contributed by atoms with van der Waals surface area (Å²) >= 11 is 0. The Balaban J connectivity index is 2.18. The van der Waals surface area contributed by atoms with E-state index in [-0.39, 0.29) is 0 Å². The maximum atomic E-state index is 5.86. The highest BCUT2D eigenvalue weighted by Gasteiger charge is 2.35. The normalized spacial score (nSPS) is 28.9. The summed E-state index contributed by atoms with van der Waals surface area (Å²) in [5.74, 6) is 2.33. The van der Waals surface area contributed by atoms with Crippen LogP contribution in [0.4, 0.5) is 11.8 Å². The Morgan fingerprint density at radius 3 is 2.86 bits per heavy atom. The average molecular weight is 190 g/mol. The van der Waals surface area contributed by atoms with E-state index in [0.717, 1.165) is 23.6 Å². The SMILES string of the molecule is Nc1nc(N)c2c(n1)[C@H]1CC[C@@H](C2)C1. The Morgan fingerprint density at radius 1 is 1.14 bits per heavy atom. The molecule has 0 spiro atoms. The van der Waals surface area contributed by atoms with Gasteiger partial charge in [0.2, 0.25) is 5.95 Å². The third-order valence-electron chi connectivity index (χ3n) is 3.51. The Hall–Kier alpha value is -1.32. The molecule has 3 rings (SSSR count). The van der Waals surface area contributed by atoms with E-state index >= 15 is 0 Å². The van der Waals surface area contributed by atoms with Crippen molar-refractivity contribution < 1.29 is 0 Å². The first-order chi connectivity index (χ1) is 6.74. The van der Waals surface area contributed by atoms with Gasteiger partial charge < -0.3 is 11.5 Å². The van der Waals surface area contributed by atoms with E-state index in [0.29, 0.717) is 17.7 Å². The van der Waals surface area contributed by atoms with Crippen LogP contribution < -0.4 is 11.5 Å². The molecule has 74 valence electrons. The van der Waals surface area contributed by atoms with Crippen LogP contribution in [0.25, 0.3) is 0 Å². The number of rotatable bonds is 0. The first-order valence-electron chi connectivity index (χ1n) is 5.16. The first kappa shape index (κ1) is 8.03. The molecule has 4 heteroatoms. The number of anilines is 2.